The summed E-state index contributed by atoms with van der Waals surface area (Å²) >= 11 is 0. The van der Waals surface area contributed by atoms with Gasteiger partial charge in [-0.1, -0.05) is 36.4 Å². The zero-order valence-corrected chi connectivity index (χ0v) is 9.94. The second-order valence-corrected chi connectivity index (χ2v) is 4.66. The first-order valence-corrected chi connectivity index (χ1v) is 5.91. The minimum absolute atomic E-state index is 0.0390. The summed E-state index contributed by atoms with van der Waals surface area (Å²) in [6, 6.07) is 9.93. The summed E-state index contributed by atoms with van der Waals surface area (Å²) in [6.45, 7) is 1.69. The number of allylic oxidation sites excluding steroid dienone is 1. The summed E-state index contributed by atoms with van der Waals surface area (Å²) in [4.78, 5) is 1.73. The van der Waals surface area contributed by atoms with E-state index in [0.717, 1.165) is 6.42 Å². The standard InChI is InChI=1S/C14H17F2N/c1-12-10-14(15,16)11-17(12)9-5-8-13-6-3-2-4-7-13/h2-7,9,12H,8,10-11H2,1H3/b9-5+/t12-/m1/s1. The number of hydrogen-bond acceptors (Lipinski definition) is 1. The lowest BCUT2D eigenvalue weighted by atomic mass is 10.1. The SMILES string of the molecule is C[C@@H]1CC(F)(F)CN1/C=C/Cc1ccccc1. The van der Waals surface area contributed by atoms with Gasteiger partial charge in [0.1, 0.15) is 0 Å². The van der Waals surface area contributed by atoms with Crippen molar-refractivity contribution in [2.75, 3.05) is 6.54 Å². The summed E-state index contributed by atoms with van der Waals surface area (Å²) in [6.07, 6.45) is 4.50. The maximum Gasteiger partial charge on any atom is 0.267 e. The molecule has 0 saturated carbocycles. The molecule has 1 aliphatic heterocycles. The van der Waals surface area contributed by atoms with Gasteiger partial charge in [0.15, 0.2) is 0 Å². The van der Waals surface area contributed by atoms with Gasteiger partial charge in [0.05, 0.1) is 6.54 Å². The largest absolute Gasteiger partial charge is 0.369 e. The van der Waals surface area contributed by atoms with Crippen molar-refractivity contribution in [3.8, 4) is 0 Å². The van der Waals surface area contributed by atoms with E-state index >= 15 is 0 Å². The third-order valence-electron chi connectivity index (χ3n) is 3.07. The number of nitrogens with zero attached hydrogens (tertiary/aromatic N) is 1. The molecule has 1 fully saturated rings. The molecule has 0 aliphatic carbocycles. The Kier molecular flexibility index (Phi) is 3.46. The van der Waals surface area contributed by atoms with Crippen LogP contribution in [0, 0.1) is 0 Å². The van der Waals surface area contributed by atoms with E-state index in [1.807, 2.05) is 43.3 Å². The average molecular weight is 237 g/mol. The third kappa shape index (κ3) is 3.29. The molecule has 1 saturated heterocycles. The Balaban J connectivity index is 1.90. The highest BCUT2D eigenvalue weighted by atomic mass is 19.3. The first-order valence-electron chi connectivity index (χ1n) is 5.91. The molecule has 0 amide bonds. The monoisotopic (exact) mass is 237 g/mol. The first kappa shape index (κ1) is 12.1. The molecule has 1 heterocycles. The van der Waals surface area contributed by atoms with Gasteiger partial charge in [0, 0.05) is 12.5 Å². The fourth-order valence-electron chi connectivity index (χ4n) is 2.17. The van der Waals surface area contributed by atoms with Crippen LogP contribution in [0.15, 0.2) is 42.6 Å². The Labute approximate surface area is 101 Å². The quantitative estimate of drug-likeness (QED) is 0.778. The number of rotatable bonds is 3. The van der Waals surface area contributed by atoms with Crippen LogP contribution in [0.25, 0.3) is 0 Å². The number of alkyl halides is 2. The Morgan fingerprint density at radius 1 is 1.35 bits per heavy atom. The highest BCUT2D eigenvalue weighted by Gasteiger charge is 2.41. The van der Waals surface area contributed by atoms with E-state index < -0.39 is 5.92 Å². The third-order valence-corrected chi connectivity index (χ3v) is 3.07. The highest BCUT2D eigenvalue weighted by molar-refractivity contribution is 5.17. The van der Waals surface area contributed by atoms with Crippen LogP contribution >= 0.6 is 0 Å². The maximum absolute atomic E-state index is 13.1. The van der Waals surface area contributed by atoms with Gasteiger partial charge in [-0.15, -0.1) is 0 Å². The van der Waals surface area contributed by atoms with Crippen LogP contribution in [0.5, 0.6) is 0 Å². The van der Waals surface area contributed by atoms with E-state index in [0.29, 0.717) is 0 Å². The van der Waals surface area contributed by atoms with Crippen LogP contribution in [0.2, 0.25) is 0 Å². The molecule has 0 aromatic heterocycles. The molecule has 17 heavy (non-hydrogen) atoms. The fourth-order valence-corrected chi connectivity index (χ4v) is 2.17. The van der Waals surface area contributed by atoms with Crippen LogP contribution in [0.3, 0.4) is 0 Å². The van der Waals surface area contributed by atoms with E-state index in [-0.39, 0.29) is 19.0 Å². The molecule has 0 spiro atoms. The van der Waals surface area contributed by atoms with Crippen LogP contribution in [-0.2, 0) is 6.42 Å². The van der Waals surface area contributed by atoms with Crippen molar-refractivity contribution in [2.24, 2.45) is 0 Å². The van der Waals surface area contributed by atoms with Crippen molar-refractivity contribution in [1.82, 2.24) is 4.90 Å². The Bertz CT molecular complexity index is 386. The van der Waals surface area contributed by atoms with Crippen LogP contribution in [0.4, 0.5) is 8.78 Å². The number of hydrogen-bond donors (Lipinski definition) is 0. The highest BCUT2D eigenvalue weighted by Crippen LogP contribution is 2.31. The summed E-state index contributed by atoms with van der Waals surface area (Å²) < 4.78 is 26.2. The van der Waals surface area contributed by atoms with Crippen LogP contribution in [0.1, 0.15) is 18.9 Å². The summed E-state index contributed by atoms with van der Waals surface area (Å²) in [5.41, 5.74) is 1.20. The van der Waals surface area contributed by atoms with Crippen LogP contribution < -0.4 is 0 Å². The average Bonchev–Trinajstić information content (AvgIpc) is 2.53. The predicted molar refractivity (Wildman–Crippen MR) is 65.0 cm³/mol. The van der Waals surface area contributed by atoms with Gasteiger partial charge in [-0.2, -0.15) is 0 Å². The van der Waals surface area contributed by atoms with Crippen molar-refractivity contribution >= 4 is 0 Å². The van der Waals surface area contributed by atoms with E-state index in [4.69, 9.17) is 0 Å². The Hall–Kier alpha value is -1.38. The van der Waals surface area contributed by atoms with Gasteiger partial charge in [-0.25, -0.2) is 8.78 Å². The minimum Gasteiger partial charge on any atom is -0.369 e. The molecule has 0 bridgehead atoms. The molecule has 2 rings (SSSR count). The number of likely N-dealkylation sites (tertiary alicyclic amines) is 1. The van der Waals surface area contributed by atoms with Gasteiger partial charge in [-0.3, -0.25) is 0 Å². The molecule has 1 aliphatic rings. The summed E-state index contributed by atoms with van der Waals surface area (Å²) in [5, 5.41) is 0. The topological polar surface area (TPSA) is 3.24 Å². The molecule has 92 valence electrons. The molecule has 3 heteroatoms. The zero-order valence-electron chi connectivity index (χ0n) is 9.94. The normalized spacial score (nSPS) is 23.5. The summed E-state index contributed by atoms with van der Waals surface area (Å²) in [5.74, 6) is -2.53. The lowest BCUT2D eigenvalue weighted by Gasteiger charge is -2.17. The second kappa shape index (κ2) is 4.86. The number of benzene rings is 1. The van der Waals surface area contributed by atoms with Gasteiger partial charge in [-0.05, 0) is 25.1 Å². The van der Waals surface area contributed by atoms with E-state index in [2.05, 4.69) is 0 Å². The Morgan fingerprint density at radius 3 is 2.65 bits per heavy atom. The molecule has 1 aromatic rings. The van der Waals surface area contributed by atoms with Crippen molar-refractivity contribution < 1.29 is 8.78 Å². The molecule has 0 unspecified atom stereocenters. The van der Waals surface area contributed by atoms with E-state index in [9.17, 15) is 8.78 Å². The molecule has 1 atom stereocenters. The van der Waals surface area contributed by atoms with Gasteiger partial charge >= 0.3 is 0 Å². The molecular formula is C14H17F2N. The molecule has 1 nitrogen and oxygen atoms in total. The van der Waals surface area contributed by atoms with Crippen LogP contribution in [-0.4, -0.2) is 23.4 Å². The lowest BCUT2D eigenvalue weighted by molar-refractivity contribution is 0.0155. The molecule has 1 aromatic carbocycles. The lowest BCUT2D eigenvalue weighted by Crippen LogP contribution is -2.23. The van der Waals surface area contributed by atoms with Crippen molar-refractivity contribution in [3.63, 3.8) is 0 Å². The predicted octanol–water partition coefficient (Wildman–Crippen LogP) is 3.47. The van der Waals surface area contributed by atoms with E-state index in [1.165, 1.54) is 5.56 Å². The zero-order chi connectivity index (χ0) is 12.3. The second-order valence-electron chi connectivity index (χ2n) is 4.66. The van der Waals surface area contributed by atoms with Crippen molar-refractivity contribution in [3.05, 3.63) is 48.2 Å². The Morgan fingerprint density at radius 2 is 2.06 bits per heavy atom. The molecule has 0 radical (unpaired) electrons. The van der Waals surface area contributed by atoms with Crippen molar-refractivity contribution in [1.29, 1.82) is 0 Å². The van der Waals surface area contributed by atoms with Crippen molar-refractivity contribution in [2.45, 2.75) is 31.7 Å². The fraction of sp³-hybridized carbons (Fsp3) is 0.429. The number of halogens is 2. The van der Waals surface area contributed by atoms with Gasteiger partial charge in [0.25, 0.3) is 5.92 Å². The van der Waals surface area contributed by atoms with Gasteiger partial charge in [0.2, 0.25) is 0 Å². The van der Waals surface area contributed by atoms with E-state index in [1.54, 1.807) is 11.1 Å². The smallest absolute Gasteiger partial charge is 0.267 e. The van der Waals surface area contributed by atoms with Gasteiger partial charge < -0.3 is 4.90 Å². The maximum atomic E-state index is 13.1. The minimum atomic E-state index is -2.53. The first-order chi connectivity index (χ1) is 8.07. The molecule has 0 N–H and O–H groups in total. The summed E-state index contributed by atoms with van der Waals surface area (Å²) in [7, 11) is 0. The molecular weight excluding hydrogens is 220 g/mol.